The Morgan fingerprint density at radius 3 is 2.41 bits per heavy atom. The Morgan fingerprint density at radius 1 is 1.15 bits per heavy atom. The Bertz CT molecular complexity index is 1220. The zero-order chi connectivity index (χ0) is 24.6. The first-order valence-electron chi connectivity index (χ1n) is 11.5. The minimum absolute atomic E-state index is 0.0114. The first-order chi connectivity index (χ1) is 16.1. The second kappa shape index (κ2) is 9.58. The maximum absolute atomic E-state index is 13.1. The maximum atomic E-state index is 13.1. The van der Waals surface area contributed by atoms with E-state index in [-0.39, 0.29) is 31.2 Å². The lowest BCUT2D eigenvalue weighted by atomic mass is 10.1. The molecule has 0 radical (unpaired) electrons. The number of carbonyl (C=O) groups is 1. The number of hydrogen-bond acceptors (Lipinski definition) is 7. The molecule has 2 aromatic rings. The molecule has 0 bridgehead atoms. The molecule has 0 aliphatic carbocycles. The van der Waals surface area contributed by atoms with Gasteiger partial charge in [-0.1, -0.05) is 0 Å². The van der Waals surface area contributed by atoms with Gasteiger partial charge in [0.2, 0.25) is 5.91 Å². The lowest BCUT2D eigenvalue weighted by Crippen LogP contribution is -2.57. The number of rotatable bonds is 5. The number of aryl methyl sites for hydroxylation is 2. The molecule has 0 saturated carbocycles. The van der Waals surface area contributed by atoms with E-state index in [1.165, 1.54) is 14.8 Å². The minimum atomic E-state index is -3.58. The number of nitriles is 1. The van der Waals surface area contributed by atoms with E-state index < -0.39 is 10.2 Å². The van der Waals surface area contributed by atoms with E-state index in [2.05, 4.69) is 16.2 Å². The van der Waals surface area contributed by atoms with Gasteiger partial charge in [0, 0.05) is 57.1 Å². The molecule has 1 amide bonds. The topological polar surface area (TPSA) is 124 Å². The molecule has 2 aromatic heterocycles. The third-order valence-electron chi connectivity index (χ3n) is 6.55. The number of ether oxygens (including phenoxy) is 1. The second-order valence-corrected chi connectivity index (χ2v) is 11.0. The van der Waals surface area contributed by atoms with Gasteiger partial charge in [0.25, 0.3) is 10.2 Å². The molecular formula is C22H31N7O4S. The van der Waals surface area contributed by atoms with Crippen LogP contribution in [-0.4, -0.2) is 93.9 Å². The summed E-state index contributed by atoms with van der Waals surface area (Å²) in [7, 11) is -3.58. The van der Waals surface area contributed by atoms with Crippen LogP contribution >= 0.6 is 0 Å². The SMILES string of the molecule is Cc1nc2c(C#N)cnn2c(C)c1CCC(=O)N1CCN(S(=O)(=O)N2CC(C)OC(C)C2)CC1. The molecule has 2 aliphatic heterocycles. The number of piperazine rings is 1. The molecule has 0 spiro atoms. The quantitative estimate of drug-likeness (QED) is 0.604. The summed E-state index contributed by atoms with van der Waals surface area (Å²) >= 11 is 0. The van der Waals surface area contributed by atoms with Gasteiger partial charge in [-0.15, -0.1) is 0 Å². The number of nitrogens with zero attached hydrogens (tertiary/aromatic N) is 7. The molecule has 2 fully saturated rings. The number of carbonyl (C=O) groups excluding carboxylic acids is 1. The van der Waals surface area contributed by atoms with E-state index in [0.29, 0.717) is 50.2 Å². The molecule has 12 heteroatoms. The van der Waals surface area contributed by atoms with Crippen molar-refractivity contribution in [2.75, 3.05) is 39.3 Å². The third kappa shape index (κ3) is 4.65. The van der Waals surface area contributed by atoms with Gasteiger partial charge in [-0.25, -0.2) is 9.50 Å². The van der Waals surface area contributed by atoms with Crippen molar-refractivity contribution in [2.45, 2.75) is 52.7 Å². The Kier molecular flexibility index (Phi) is 6.91. The van der Waals surface area contributed by atoms with Crippen molar-refractivity contribution in [1.82, 2.24) is 28.1 Å². The van der Waals surface area contributed by atoms with Crippen molar-refractivity contribution < 1.29 is 17.9 Å². The average Bonchev–Trinajstić information content (AvgIpc) is 3.21. The van der Waals surface area contributed by atoms with Crippen LogP contribution in [0.2, 0.25) is 0 Å². The van der Waals surface area contributed by atoms with E-state index >= 15 is 0 Å². The molecule has 4 rings (SSSR count). The number of fused-ring (bicyclic) bond motifs is 1. The molecule has 4 heterocycles. The Labute approximate surface area is 200 Å². The van der Waals surface area contributed by atoms with Crippen LogP contribution in [-0.2, 0) is 26.2 Å². The fourth-order valence-corrected chi connectivity index (χ4v) is 6.54. The predicted octanol–water partition coefficient (Wildman–Crippen LogP) is 0.649. The first-order valence-corrected chi connectivity index (χ1v) is 12.9. The van der Waals surface area contributed by atoms with Crippen molar-refractivity contribution in [3.63, 3.8) is 0 Å². The van der Waals surface area contributed by atoms with Gasteiger partial charge < -0.3 is 9.64 Å². The molecule has 11 nitrogen and oxygen atoms in total. The summed E-state index contributed by atoms with van der Waals surface area (Å²) in [5, 5.41) is 13.5. The van der Waals surface area contributed by atoms with E-state index in [9.17, 15) is 18.5 Å². The van der Waals surface area contributed by atoms with Crippen molar-refractivity contribution in [1.29, 1.82) is 5.26 Å². The monoisotopic (exact) mass is 489 g/mol. The summed E-state index contributed by atoms with van der Waals surface area (Å²) in [6.45, 7) is 9.52. The lowest BCUT2D eigenvalue weighted by Gasteiger charge is -2.40. The normalized spacial score (nSPS) is 22.7. The maximum Gasteiger partial charge on any atom is 0.282 e. The summed E-state index contributed by atoms with van der Waals surface area (Å²) < 4.78 is 36.4. The summed E-state index contributed by atoms with van der Waals surface area (Å²) in [6, 6.07) is 2.09. The van der Waals surface area contributed by atoms with E-state index in [0.717, 1.165) is 17.0 Å². The molecule has 2 aliphatic rings. The van der Waals surface area contributed by atoms with E-state index in [1.807, 2.05) is 27.7 Å². The summed E-state index contributed by atoms with van der Waals surface area (Å²) in [5.41, 5.74) is 3.52. The van der Waals surface area contributed by atoms with Crippen molar-refractivity contribution in [3.8, 4) is 6.07 Å². The highest BCUT2D eigenvalue weighted by atomic mass is 32.2. The molecule has 34 heavy (non-hydrogen) atoms. The van der Waals surface area contributed by atoms with E-state index in [1.54, 1.807) is 9.42 Å². The Balaban J connectivity index is 1.36. The fraction of sp³-hybridized carbons (Fsp3) is 0.636. The molecule has 2 unspecified atom stereocenters. The zero-order valence-electron chi connectivity index (χ0n) is 20.1. The highest BCUT2D eigenvalue weighted by Gasteiger charge is 2.37. The Hall–Kier alpha value is -2.59. The van der Waals surface area contributed by atoms with Crippen LogP contribution in [0, 0.1) is 25.2 Å². The Morgan fingerprint density at radius 2 is 1.79 bits per heavy atom. The molecule has 2 saturated heterocycles. The lowest BCUT2D eigenvalue weighted by molar-refractivity contribution is -0.132. The van der Waals surface area contributed by atoms with Gasteiger partial charge in [-0.2, -0.15) is 27.4 Å². The zero-order valence-corrected chi connectivity index (χ0v) is 20.9. The summed E-state index contributed by atoms with van der Waals surface area (Å²) in [5.74, 6) is -0.0114. The van der Waals surface area contributed by atoms with Gasteiger partial charge in [0.1, 0.15) is 11.6 Å². The largest absolute Gasteiger partial charge is 0.373 e. The highest BCUT2D eigenvalue weighted by molar-refractivity contribution is 7.86. The molecule has 0 N–H and O–H groups in total. The summed E-state index contributed by atoms with van der Waals surface area (Å²) in [6.07, 6.45) is 2.01. The number of hydrogen-bond donors (Lipinski definition) is 0. The van der Waals surface area contributed by atoms with Crippen LogP contribution in [0.5, 0.6) is 0 Å². The summed E-state index contributed by atoms with van der Waals surface area (Å²) in [4.78, 5) is 19.1. The standard InChI is InChI=1S/C22H31N7O4S/c1-15-13-28(14-16(2)33-15)34(31,32)27-9-7-26(8-10-27)21(30)6-5-20-17(3)25-22-19(11-23)12-24-29(22)18(20)4/h12,15-16H,5-10,13-14H2,1-4H3. The number of amides is 1. The van der Waals surface area contributed by atoms with Crippen LogP contribution in [0.3, 0.4) is 0 Å². The second-order valence-electron chi connectivity index (χ2n) is 9.03. The highest BCUT2D eigenvalue weighted by Crippen LogP contribution is 2.21. The van der Waals surface area contributed by atoms with Gasteiger partial charge >= 0.3 is 0 Å². The van der Waals surface area contributed by atoms with Gasteiger partial charge in [0.15, 0.2) is 5.65 Å². The fourth-order valence-electron chi connectivity index (χ4n) is 4.79. The van der Waals surface area contributed by atoms with Crippen LogP contribution in [0.15, 0.2) is 6.20 Å². The van der Waals surface area contributed by atoms with Crippen molar-refractivity contribution >= 4 is 21.8 Å². The third-order valence-corrected chi connectivity index (χ3v) is 8.52. The van der Waals surface area contributed by atoms with Crippen molar-refractivity contribution in [2.24, 2.45) is 0 Å². The smallest absolute Gasteiger partial charge is 0.282 e. The van der Waals surface area contributed by atoms with Crippen LogP contribution in [0.4, 0.5) is 0 Å². The van der Waals surface area contributed by atoms with Gasteiger partial charge in [-0.05, 0) is 39.7 Å². The molecular weight excluding hydrogens is 458 g/mol. The van der Waals surface area contributed by atoms with E-state index in [4.69, 9.17) is 4.74 Å². The number of morpholine rings is 1. The van der Waals surface area contributed by atoms with Crippen LogP contribution < -0.4 is 0 Å². The van der Waals surface area contributed by atoms with Gasteiger partial charge in [-0.3, -0.25) is 4.79 Å². The molecule has 2 atom stereocenters. The first kappa shape index (κ1) is 24.5. The molecule has 0 aromatic carbocycles. The predicted molar refractivity (Wildman–Crippen MR) is 124 cm³/mol. The van der Waals surface area contributed by atoms with Crippen molar-refractivity contribution in [3.05, 3.63) is 28.7 Å². The average molecular weight is 490 g/mol. The minimum Gasteiger partial charge on any atom is -0.373 e. The number of aromatic nitrogens is 3. The van der Waals surface area contributed by atoms with Crippen LogP contribution in [0.1, 0.15) is 42.8 Å². The van der Waals surface area contributed by atoms with Crippen LogP contribution in [0.25, 0.3) is 5.65 Å². The van der Waals surface area contributed by atoms with Gasteiger partial charge in [0.05, 0.1) is 18.4 Å². The molecule has 184 valence electrons.